The maximum Gasteiger partial charge on any atom is 0.327 e. The van der Waals surface area contributed by atoms with E-state index in [9.17, 15) is 4.79 Å². The molecule has 0 heterocycles. The topological polar surface area (TPSA) is 62.0 Å². The highest BCUT2D eigenvalue weighted by molar-refractivity contribution is 6.36. The Labute approximate surface area is 90.2 Å². The van der Waals surface area contributed by atoms with Gasteiger partial charge in [-0.1, -0.05) is 23.2 Å². The third kappa shape index (κ3) is 3.32. The number of hydrogen-bond acceptors (Lipinski definition) is 3. The van der Waals surface area contributed by atoms with Crippen molar-refractivity contribution in [3.8, 4) is 0 Å². The van der Waals surface area contributed by atoms with Gasteiger partial charge in [0.05, 0.1) is 5.02 Å². The lowest BCUT2D eigenvalue weighted by Gasteiger charge is -1.96. The van der Waals surface area contributed by atoms with E-state index in [2.05, 4.69) is 10.2 Å². The Balaban J connectivity index is 2.76. The zero-order valence-corrected chi connectivity index (χ0v) is 8.46. The molecule has 0 radical (unpaired) electrons. The molecular formula is C8H6Cl2N2O2. The highest BCUT2D eigenvalue weighted by atomic mass is 35.5. The minimum absolute atomic E-state index is 0.339. The minimum Gasteiger partial charge on any atom is -0.480 e. The Hall–Kier alpha value is -1.13. The molecule has 0 amide bonds. The lowest BCUT2D eigenvalue weighted by atomic mass is 10.3. The molecule has 1 N–H and O–H groups in total. The summed E-state index contributed by atoms with van der Waals surface area (Å²) < 4.78 is 0. The molecule has 0 aliphatic carbocycles. The number of halogens is 2. The van der Waals surface area contributed by atoms with E-state index in [1.807, 2.05) is 0 Å². The molecule has 0 spiro atoms. The zero-order chi connectivity index (χ0) is 10.6. The third-order valence-corrected chi connectivity index (χ3v) is 1.83. The van der Waals surface area contributed by atoms with E-state index >= 15 is 0 Å². The van der Waals surface area contributed by atoms with Crippen molar-refractivity contribution in [3.05, 3.63) is 28.2 Å². The summed E-state index contributed by atoms with van der Waals surface area (Å²) in [6.07, 6.45) is 0. The molecule has 0 saturated carbocycles. The third-order valence-electron chi connectivity index (χ3n) is 1.29. The molecule has 1 rings (SSSR count). The molecule has 1 aromatic rings. The van der Waals surface area contributed by atoms with Gasteiger partial charge in [-0.3, -0.25) is 4.79 Å². The summed E-state index contributed by atoms with van der Waals surface area (Å²) in [6, 6.07) is 4.68. The summed E-state index contributed by atoms with van der Waals surface area (Å²) in [5.74, 6) is -1.04. The first-order valence-corrected chi connectivity index (χ1v) is 4.39. The van der Waals surface area contributed by atoms with Crippen LogP contribution in [-0.4, -0.2) is 17.6 Å². The maximum atomic E-state index is 10.1. The molecule has 0 atom stereocenters. The van der Waals surface area contributed by atoms with Gasteiger partial charge in [0.1, 0.15) is 5.69 Å². The Morgan fingerprint density at radius 2 is 2.14 bits per heavy atom. The number of nitrogens with zero attached hydrogens (tertiary/aromatic N) is 2. The lowest BCUT2D eigenvalue weighted by Crippen LogP contribution is -1.97. The summed E-state index contributed by atoms with van der Waals surface area (Å²) in [6.45, 7) is -0.376. The van der Waals surface area contributed by atoms with Crippen LogP contribution in [0.5, 0.6) is 0 Å². The highest BCUT2D eigenvalue weighted by Crippen LogP contribution is 2.27. The van der Waals surface area contributed by atoms with Gasteiger partial charge in [0.2, 0.25) is 0 Å². The quantitative estimate of drug-likeness (QED) is 0.815. The fraction of sp³-hybridized carbons (Fsp3) is 0.125. The van der Waals surface area contributed by atoms with Crippen molar-refractivity contribution in [2.75, 3.05) is 6.54 Å². The van der Waals surface area contributed by atoms with Crippen molar-refractivity contribution < 1.29 is 9.90 Å². The van der Waals surface area contributed by atoms with Crippen LogP contribution in [0.15, 0.2) is 28.4 Å². The van der Waals surface area contributed by atoms with E-state index < -0.39 is 5.97 Å². The summed E-state index contributed by atoms with van der Waals surface area (Å²) in [5, 5.41) is 16.2. The fourth-order valence-corrected chi connectivity index (χ4v) is 1.18. The highest BCUT2D eigenvalue weighted by Gasteiger charge is 1.99. The van der Waals surface area contributed by atoms with E-state index in [-0.39, 0.29) is 6.54 Å². The van der Waals surface area contributed by atoms with E-state index in [0.29, 0.717) is 15.7 Å². The minimum atomic E-state index is -1.04. The molecule has 0 fully saturated rings. The fourth-order valence-electron chi connectivity index (χ4n) is 0.734. The number of benzene rings is 1. The van der Waals surface area contributed by atoms with Crippen molar-refractivity contribution in [2.24, 2.45) is 10.2 Å². The summed E-state index contributed by atoms with van der Waals surface area (Å²) in [4.78, 5) is 10.1. The predicted molar refractivity (Wildman–Crippen MR) is 53.5 cm³/mol. The Kier molecular flexibility index (Phi) is 3.85. The SMILES string of the molecule is O=C(O)C/N=N/c1ccc(Cl)cc1Cl. The molecule has 1 aromatic carbocycles. The van der Waals surface area contributed by atoms with E-state index in [1.54, 1.807) is 12.1 Å². The van der Waals surface area contributed by atoms with Crippen LogP contribution >= 0.6 is 23.2 Å². The second-order valence-electron chi connectivity index (χ2n) is 2.39. The van der Waals surface area contributed by atoms with Crippen molar-refractivity contribution in [1.82, 2.24) is 0 Å². The van der Waals surface area contributed by atoms with Gasteiger partial charge in [-0.15, -0.1) is 0 Å². The normalized spacial score (nSPS) is 10.7. The molecule has 0 aliphatic heterocycles. The standard InChI is InChI=1S/C8H6Cl2N2O2/c9-5-1-2-7(6(10)3-5)12-11-4-8(13)14/h1-3H,4H2,(H,13,14)/b12-11+. The molecule has 0 aliphatic rings. The average molecular weight is 233 g/mol. The largest absolute Gasteiger partial charge is 0.480 e. The van der Waals surface area contributed by atoms with Gasteiger partial charge in [0, 0.05) is 5.02 Å². The van der Waals surface area contributed by atoms with Crippen molar-refractivity contribution >= 4 is 34.9 Å². The monoisotopic (exact) mass is 232 g/mol. The van der Waals surface area contributed by atoms with Crippen LogP contribution in [0.3, 0.4) is 0 Å². The number of aliphatic carboxylic acids is 1. The first-order valence-electron chi connectivity index (χ1n) is 3.64. The summed E-state index contributed by atoms with van der Waals surface area (Å²) in [7, 11) is 0. The van der Waals surface area contributed by atoms with Crippen LogP contribution in [0.2, 0.25) is 10.0 Å². The molecule has 4 nitrogen and oxygen atoms in total. The van der Waals surface area contributed by atoms with E-state index in [1.165, 1.54) is 6.07 Å². The Morgan fingerprint density at radius 1 is 1.43 bits per heavy atom. The zero-order valence-electron chi connectivity index (χ0n) is 6.94. The molecule has 0 unspecified atom stereocenters. The Morgan fingerprint density at radius 3 is 2.71 bits per heavy atom. The molecule has 0 saturated heterocycles. The number of azo groups is 1. The van der Waals surface area contributed by atoms with Gasteiger partial charge < -0.3 is 5.11 Å². The van der Waals surface area contributed by atoms with E-state index in [0.717, 1.165) is 0 Å². The van der Waals surface area contributed by atoms with Crippen molar-refractivity contribution in [3.63, 3.8) is 0 Å². The molecule has 0 aromatic heterocycles. The van der Waals surface area contributed by atoms with Crippen LogP contribution in [0.1, 0.15) is 0 Å². The number of carboxylic acid groups (broad SMARTS) is 1. The van der Waals surface area contributed by atoms with E-state index in [4.69, 9.17) is 28.3 Å². The lowest BCUT2D eigenvalue weighted by molar-refractivity contribution is -0.135. The average Bonchev–Trinajstić information content (AvgIpc) is 2.08. The van der Waals surface area contributed by atoms with Crippen LogP contribution in [0, 0.1) is 0 Å². The second-order valence-corrected chi connectivity index (χ2v) is 3.23. The van der Waals surface area contributed by atoms with Gasteiger partial charge >= 0.3 is 5.97 Å². The number of carboxylic acids is 1. The summed E-state index contributed by atoms with van der Waals surface area (Å²) >= 11 is 11.4. The van der Waals surface area contributed by atoms with Crippen molar-refractivity contribution in [2.45, 2.75) is 0 Å². The Bertz CT molecular complexity index is 380. The maximum absolute atomic E-state index is 10.1. The molecule has 14 heavy (non-hydrogen) atoms. The first-order chi connectivity index (χ1) is 6.59. The van der Waals surface area contributed by atoms with Gasteiger partial charge in [0.25, 0.3) is 0 Å². The van der Waals surface area contributed by atoms with Crippen LogP contribution in [0.4, 0.5) is 5.69 Å². The van der Waals surface area contributed by atoms with Gasteiger partial charge in [-0.25, -0.2) is 0 Å². The van der Waals surface area contributed by atoms with Gasteiger partial charge in [-0.2, -0.15) is 10.2 Å². The van der Waals surface area contributed by atoms with Gasteiger partial charge in [-0.05, 0) is 18.2 Å². The summed E-state index contributed by atoms with van der Waals surface area (Å²) in [5.41, 5.74) is 0.400. The van der Waals surface area contributed by atoms with Crippen molar-refractivity contribution in [1.29, 1.82) is 0 Å². The van der Waals surface area contributed by atoms with Gasteiger partial charge in [0.15, 0.2) is 6.54 Å². The molecule has 6 heteroatoms. The number of rotatable bonds is 3. The predicted octanol–water partition coefficient (Wildman–Crippen LogP) is 3.16. The van der Waals surface area contributed by atoms with Crippen LogP contribution in [-0.2, 0) is 4.79 Å². The number of hydrogen-bond donors (Lipinski definition) is 1. The molecule has 0 bridgehead atoms. The molecular weight excluding hydrogens is 227 g/mol. The first kappa shape index (κ1) is 10.9. The molecule has 74 valence electrons. The van der Waals surface area contributed by atoms with Crippen LogP contribution < -0.4 is 0 Å². The smallest absolute Gasteiger partial charge is 0.327 e. The number of carbonyl (C=O) groups is 1. The second kappa shape index (κ2) is 4.93. The van der Waals surface area contributed by atoms with Crippen LogP contribution in [0.25, 0.3) is 0 Å².